The summed E-state index contributed by atoms with van der Waals surface area (Å²) < 4.78 is 38.7. The van der Waals surface area contributed by atoms with Gasteiger partial charge in [0.25, 0.3) is 0 Å². The standard InChI is InChI=1S/C11H10F3IN2O3/c1-10(8(18)19,11(12,13)14)17-9(20)16-7-5-3-2-4-6(7)15/h2-5H,1H3,(H,18,19)(H2,16,17,20). The Hall–Kier alpha value is -1.52. The van der Waals surface area contributed by atoms with Crippen LogP contribution in [0.4, 0.5) is 23.7 Å². The number of hydrogen-bond donors (Lipinski definition) is 3. The van der Waals surface area contributed by atoms with E-state index in [1.807, 2.05) is 22.6 Å². The molecule has 9 heteroatoms. The second-order valence-corrected chi connectivity index (χ2v) is 5.15. The Bertz CT molecular complexity index is 536. The van der Waals surface area contributed by atoms with Gasteiger partial charge in [-0.05, 0) is 41.6 Å². The predicted molar refractivity (Wildman–Crippen MR) is 73.4 cm³/mol. The molecule has 3 N–H and O–H groups in total. The number of carboxylic acids is 1. The van der Waals surface area contributed by atoms with Crippen molar-refractivity contribution < 1.29 is 27.9 Å². The van der Waals surface area contributed by atoms with Crippen molar-refractivity contribution in [3.05, 3.63) is 27.8 Å². The maximum atomic E-state index is 12.7. The molecule has 0 aliphatic carbocycles. The van der Waals surface area contributed by atoms with Crippen molar-refractivity contribution in [3.63, 3.8) is 0 Å². The van der Waals surface area contributed by atoms with Crippen molar-refractivity contribution in [1.82, 2.24) is 5.32 Å². The molecule has 0 fully saturated rings. The van der Waals surface area contributed by atoms with Gasteiger partial charge in [0.05, 0.1) is 5.69 Å². The van der Waals surface area contributed by atoms with Gasteiger partial charge in [-0.3, -0.25) is 0 Å². The van der Waals surface area contributed by atoms with E-state index in [2.05, 4.69) is 5.32 Å². The summed E-state index contributed by atoms with van der Waals surface area (Å²) in [5.74, 6) is -2.19. The zero-order valence-corrected chi connectivity index (χ0v) is 12.2. The van der Waals surface area contributed by atoms with E-state index in [9.17, 15) is 22.8 Å². The van der Waals surface area contributed by atoms with Crippen LogP contribution >= 0.6 is 22.6 Å². The monoisotopic (exact) mass is 402 g/mol. The number of alkyl halides is 3. The molecule has 5 nitrogen and oxygen atoms in total. The van der Waals surface area contributed by atoms with Crippen LogP contribution in [0.15, 0.2) is 24.3 Å². The van der Waals surface area contributed by atoms with Gasteiger partial charge < -0.3 is 15.7 Å². The van der Waals surface area contributed by atoms with Crippen LogP contribution in [-0.2, 0) is 4.79 Å². The molecule has 1 rings (SSSR count). The number of carboxylic acid groups (broad SMARTS) is 1. The first-order valence-corrected chi connectivity index (χ1v) is 6.29. The quantitative estimate of drug-likeness (QED) is 0.681. The van der Waals surface area contributed by atoms with E-state index >= 15 is 0 Å². The van der Waals surface area contributed by atoms with Crippen molar-refractivity contribution in [2.24, 2.45) is 0 Å². The summed E-state index contributed by atoms with van der Waals surface area (Å²) in [5, 5.41) is 12.3. The Kier molecular flexibility index (Phi) is 4.84. The van der Waals surface area contributed by atoms with Crippen molar-refractivity contribution in [1.29, 1.82) is 0 Å². The molecule has 0 saturated heterocycles. The lowest BCUT2D eigenvalue weighted by Crippen LogP contribution is -2.62. The number of para-hydroxylation sites is 1. The van der Waals surface area contributed by atoms with Crippen LogP contribution in [0, 0.1) is 3.57 Å². The summed E-state index contributed by atoms with van der Waals surface area (Å²) in [4.78, 5) is 22.3. The lowest BCUT2D eigenvalue weighted by Gasteiger charge is -2.28. The fourth-order valence-electron chi connectivity index (χ4n) is 1.19. The topological polar surface area (TPSA) is 78.4 Å². The van der Waals surface area contributed by atoms with Gasteiger partial charge in [-0.25, -0.2) is 9.59 Å². The molecular weight excluding hydrogens is 392 g/mol. The molecule has 1 aromatic rings. The summed E-state index contributed by atoms with van der Waals surface area (Å²) in [6.45, 7) is 0.380. The second kappa shape index (κ2) is 5.85. The molecule has 1 unspecified atom stereocenters. The number of halogens is 4. The van der Waals surface area contributed by atoms with Crippen LogP contribution in [0.5, 0.6) is 0 Å². The van der Waals surface area contributed by atoms with Gasteiger partial charge in [0.2, 0.25) is 5.54 Å². The summed E-state index contributed by atoms with van der Waals surface area (Å²) in [6.07, 6.45) is -5.12. The molecule has 0 spiro atoms. The average Bonchev–Trinajstić information content (AvgIpc) is 2.30. The number of urea groups is 1. The Morgan fingerprint density at radius 3 is 2.25 bits per heavy atom. The van der Waals surface area contributed by atoms with Crippen molar-refractivity contribution in [3.8, 4) is 0 Å². The lowest BCUT2D eigenvalue weighted by molar-refractivity contribution is -0.203. The first kappa shape index (κ1) is 16.5. The normalized spacial score (nSPS) is 14.2. The summed E-state index contributed by atoms with van der Waals surface area (Å²) in [5.41, 5.74) is -3.09. The average molecular weight is 402 g/mol. The van der Waals surface area contributed by atoms with Crippen LogP contribution in [-0.4, -0.2) is 28.8 Å². The molecule has 0 saturated carbocycles. The fourth-order valence-corrected chi connectivity index (χ4v) is 1.71. The fraction of sp³-hybridized carbons (Fsp3) is 0.273. The zero-order valence-electron chi connectivity index (χ0n) is 10.1. The first-order chi connectivity index (χ1) is 9.08. The van der Waals surface area contributed by atoms with E-state index in [4.69, 9.17) is 5.11 Å². The third-order valence-corrected chi connectivity index (χ3v) is 3.42. The summed E-state index contributed by atoms with van der Waals surface area (Å²) in [7, 11) is 0. The molecule has 0 aliphatic heterocycles. The largest absolute Gasteiger partial charge is 0.479 e. The Morgan fingerprint density at radius 1 is 1.25 bits per heavy atom. The molecule has 20 heavy (non-hydrogen) atoms. The van der Waals surface area contributed by atoms with E-state index in [-0.39, 0.29) is 5.69 Å². The number of benzene rings is 1. The SMILES string of the molecule is CC(NC(=O)Nc1ccccc1I)(C(=O)O)C(F)(F)F. The number of carbonyl (C=O) groups excluding carboxylic acids is 1. The Morgan fingerprint density at radius 2 is 1.80 bits per heavy atom. The lowest BCUT2D eigenvalue weighted by atomic mass is 10.0. The molecule has 0 aliphatic rings. The summed E-state index contributed by atoms with van der Waals surface area (Å²) in [6, 6.07) is 5.12. The Balaban J connectivity index is 2.89. The van der Waals surface area contributed by atoms with E-state index in [1.54, 1.807) is 18.2 Å². The number of rotatable bonds is 3. The Labute approximate surface area is 125 Å². The number of hydrogen-bond acceptors (Lipinski definition) is 2. The van der Waals surface area contributed by atoms with Crippen molar-refractivity contribution in [2.75, 3.05) is 5.32 Å². The highest BCUT2D eigenvalue weighted by Crippen LogP contribution is 2.30. The van der Waals surface area contributed by atoms with E-state index in [1.165, 1.54) is 11.4 Å². The van der Waals surface area contributed by atoms with Gasteiger partial charge in [0.15, 0.2) is 0 Å². The highest BCUT2D eigenvalue weighted by Gasteiger charge is 2.58. The van der Waals surface area contributed by atoms with Crippen molar-refractivity contribution >= 4 is 40.3 Å². The zero-order chi connectivity index (χ0) is 15.6. The number of carbonyl (C=O) groups is 2. The molecule has 1 atom stereocenters. The molecule has 110 valence electrons. The highest BCUT2D eigenvalue weighted by atomic mass is 127. The minimum Gasteiger partial charge on any atom is -0.479 e. The van der Waals surface area contributed by atoms with Gasteiger partial charge in [0.1, 0.15) is 0 Å². The van der Waals surface area contributed by atoms with Gasteiger partial charge in [-0.15, -0.1) is 0 Å². The molecule has 1 aromatic carbocycles. The number of aliphatic carboxylic acids is 1. The molecule has 0 aromatic heterocycles. The number of nitrogens with one attached hydrogen (secondary N) is 2. The maximum Gasteiger partial charge on any atom is 0.422 e. The molecule has 0 heterocycles. The minimum absolute atomic E-state index is 0.278. The van der Waals surface area contributed by atoms with Crippen LogP contribution in [0.3, 0.4) is 0 Å². The third-order valence-electron chi connectivity index (χ3n) is 2.48. The molecular formula is C11H10F3IN2O3. The number of anilines is 1. The molecule has 0 radical (unpaired) electrons. The van der Waals surface area contributed by atoms with Crippen LogP contribution in [0.1, 0.15) is 6.92 Å². The number of amides is 2. The van der Waals surface area contributed by atoms with Crippen LogP contribution in [0.2, 0.25) is 0 Å². The maximum absolute atomic E-state index is 12.7. The van der Waals surface area contributed by atoms with Gasteiger partial charge in [0, 0.05) is 3.57 Å². The third kappa shape index (κ3) is 3.52. The molecule has 0 bridgehead atoms. The van der Waals surface area contributed by atoms with E-state index < -0.39 is 23.7 Å². The van der Waals surface area contributed by atoms with E-state index in [0.29, 0.717) is 10.5 Å². The predicted octanol–water partition coefficient (Wildman–Crippen LogP) is 2.82. The van der Waals surface area contributed by atoms with Gasteiger partial charge in [-0.2, -0.15) is 13.2 Å². The second-order valence-electron chi connectivity index (χ2n) is 3.99. The van der Waals surface area contributed by atoms with Crippen LogP contribution in [0.25, 0.3) is 0 Å². The first-order valence-electron chi connectivity index (χ1n) is 5.22. The highest BCUT2D eigenvalue weighted by molar-refractivity contribution is 14.1. The van der Waals surface area contributed by atoms with E-state index in [0.717, 1.165) is 0 Å². The minimum atomic E-state index is -5.12. The van der Waals surface area contributed by atoms with Crippen LogP contribution < -0.4 is 10.6 Å². The van der Waals surface area contributed by atoms with Gasteiger partial charge >= 0.3 is 18.2 Å². The van der Waals surface area contributed by atoms with Gasteiger partial charge in [-0.1, -0.05) is 12.1 Å². The molecule has 2 amide bonds. The smallest absolute Gasteiger partial charge is 0.422 e. The summed E-state index contributed by atoms with van der Waals surface area (Å²) >= 11 is 1.88. The van der Waals surface area contributed by atoms with Crippen molar-refractivity contribution in [2.45, 2.75) is 18.6 Å².